The van der Waals surface area contributed by atoms with Crippen LogP contribution in [0.3, 0.4) is 0 Å². The van der Waals surface area contributed by atoms with Crippen LogP contribution in [0.4, 0.5) is 5.69 Å². The maximum Gasteiger partial charge on any atom is 0.275 e. The Labute approximate surface area is 206 Å². The monoisotopic (exact) mass is 495 g/mol. The molecule has 0 saturated carbocycles. The summed E-state index contributed by atoms with van der Waals surface area (Å²) < 4.78 is 5.03. The van der Waals surface area contributed by atoms with Gasteiger partial charge in [0.1, 0.15) is 10.7 Å². The fraction of sp³-hybridized carbons (Fsp3) is 0.292. The Kier molecular flexibility index (Phi) is 7.91. The minimum absolute atomic E-state index is 0.00502. The number of aromatic nitrogens is 3. The lowest BCUT2D eigenvalue weighted by molar-refractivity contribution is 0.0708. The second-order valence-corrected chi connectivity index (χ2v) is 9.54. The largest absolute Gasteiger partial charge is 0.481 e. The van der Waals surface area contributed by atoms with E-state index in [9.17, 15) is 9.59 Å². The molecule has 0 atom stereocenters. The predicted molar refractivity (Wildman–Crippen MR) is 134 cm³/mol. The summed E-state index contributed by atoms with van der Waals surface area (Å²) in [5.41, 5.74) is 1.59. The third kappa shape index (κ3) is 5.63. The molecule has 10 heteroatoms. The van der Waals surface area contributed by atoms with E-state index in [2.05, 4.69) is 26.8 Å². The Morgan fingerprint density at radius 3 is 2.82 bits per heavy atom. The molecule has 3 aromatic heterocycles. The third-order valence-corrected chi connectivity index (χ3v) is 7.44. The number of carbonyl (C=O) groups excluding carboxylic acids is 2. The van der Waals surface area contributed by atoms with Gasteiger partial charge in [0.25, 0.3) is 11.8 Å². The standard InChI is InChI=1S/C24H25N5O3S2/c1-3-13-33-23-18(5-4-10-25-23)24(31)29-11-8-16(9-12-29)22-28-19(15-34-22)21(30)27-17-6-7-20(32-2)26-14-17/h3-7,10,14-16H,1,8-9,11-13H2,2H3,(H,27,30). The van der Waals surface area contributed by atoms with Gasteiger partial charge in [-0.05, 0) is 31.0 Å². The van der Waals surface area contributed by atoms with E-state index in [0.29, 0.717) is 41.7 Å². The highest BCUT2D eigenvalue weighted by atomic mass is 32.2. The zero-order valence-corrected chi connectivity index (χ0v) is 20.4. The summed E-state index contributed by atoms with van der Waals surface area (Å²) in [7, 11) is 1.54. The van der Waals surface area contributed by atoms with Crippen LogP contribution in [0.1, 0.15) is 44.6 Å². The smallest absolute Gasteiger partial charge is 0.275 e. The number of nitrogens with one attached hydrogen (secondary N) is 1. The van der Waals surface area contributed by atoms with Crippen LogP contribution in [-0.4, -0.2) is 57.6 Å². The molecule has 1 aliphatic rings. The number of methoxy groups -OCH3 is 1. The molecule has 0 aliphatic carbocycles. The quantitative estimate of drug-likeness (QED) is 0.363. The highest BCUT2D eigenvalue weighted by molar-refractivity contribution is 7.99. The Morgan fingerprint density at radius 1 is 1.29 bits per heavy atom. The van der Waals surface area contributed by atoms with Gasteiger partial charge in [-0.15, -0.1) is 29.7 Å². The van der Waals surface area contributed by atoms with E-state index in [4.69, 9.17) is 4.74 Å². The van der Waals surface area contributed by atoms with E-state index in [1.165, 1.54) is 30.2 Å². The molecule has 1 aliphatic heterocycles. The maximum atomic E-state index is 13.1. The zero-order valence-electron chi connectivity index (χ0n) is 18.8. The number of piperidine rings is 1. The Bertz CT molecular complexity index is 1160. The first-order valence-corrected chi connectivity index (χ1v) is 12.7. The van der Waals surface area contributed by atoms with Crippen LogP contribution in [0.15, 0.2) is 59.7 Å². The van der Waals surface area contributed by atoms with Crippen molar-refractivity contribution in [3.05, 3.63) is 71.0 Å². The van der Waals surface area contributed by atoms with E-state index in [1.807, 2.05) is 11.0 Å². The van der Waals surface area contributed by atoms with Crippen molar-refractivity contribution in [1.82, 2.24) is 19.9 Å². The second kappa shape index (κ2) is 11.3. The zero-order chi connectivity index (χ0) is 23.9. The van der Waals surface area contributed by atoms with Crippen molar-refractivity contribution in [3.63, 3.8) is 0 Å². The van der Waals surface area contributed by atoms with Gasteiger partial charge < -0.3 is 15.0 Å². The molecule has 1 fully saturated rings. The van der Waals surface area contributed by atoms with Gasteiger partial charge in [-0.1, -0.05) is 6.08 Å². The molecule has 0 unspecified atom stereocenters. The molecule has 4 rings (SSSR count). The van der Waals surface area contributed by atoms with Crippen LogP contribution < -0.4 is 10.1 Å². The molecular weight excluding hydrogens is 470 g/mol. The second-order valence-electron chi connectivity index (χ2n) is 7.64. The minimum Gasteiger partial charge on any atom is -0.481 e. The lowest BCUT2D eigenvalue weighted by Crippen LogP contribution is -2.38. The van der Waals surface area contributed by atoms with Gasteiger partial charge in [-0.3, -0.25) is 9.59 Å². The van der Waals surface area contributed by atoms with Crippen LogP contribution >= 0.6 is 23.1 Å². The molecular formula is C24H25N5O3S2. The number of likely N-dealkylation sites (tertiary alicyclic amines) is 1. The number of rotatable bonds is 8. The lowest BCUT2D eigenvalue weighted by Gasteiger charge is -2.31. The SMILES string of the molecule is C=CCSc1ncccc1C(=O)N1CCC(c2nc(C(=O)Nc3ccc(OC)nc3)cs2)CC1. The van der Waals surface area contributed by atoms with Crippen molar-refractivity contribution in [3.8, 4) is 5.88 Å². The summed E-state index contributed by atoms with van der Waals surface area (Å²) in [4.78, 5) is 40.6. The number of anilines is 1. The fourth-order valence-electron chi connectivity index (χ4n) is 3.66. The van der Waals surface area contributed by atoms with Crippen molar-refractivity contribution in [2.45, 2.75) is 23.8 Å². The molecule has 0 bridgehead atoms. The summed E-state index contributed by atoms with van der Waals surface area (Å²) in [6, 6.07) is 7.04. The molecule has 0 spiro atoms. The predicted octanol–water partition coefficient (Wildman–Crippen LogP) is 4.49. The number of pyridine rings is 2. The summed E-state index contributed by atoms with van der Waals surface area (Å²) in [6.45, 7) is 5.02. The molecule has 8 nitrogen and oxygen atoms in total. The van der Waals surface area contributed by atoms with E-state index in [1.54, 1.807) is 42.0 Å². The molecule has 34 heavy (non-hydrogen) atoms. The van der Waals surface area contributed by atoms with Gasteiger partial charge >= 0.3 is 0 Å². The van der Waals surface area contributed by atoms with Gasteiger partial charge in [-0.2, -0.15) is 0 Å². The maximum absolute atomic E-state index is 13.1. The molecule has 4 heterocycles. The van der Waals surface area contributed by atoms with Gasteiger partial charge in [0.15, 0.2) is 0 Å². The van der Waals surface area contributed by atoms with Crippen molar-refractivity contribution in [1.29, 1.82) is 0 Å². The first-order chi connectivity index (χ1) is 16.6. The Morgan fingerprint density at radius 2 is 2.12 bits per heavy atom. The van der Waals surface area contributed by atoms with Gasteiger partial charge in [0.05, 0.1) is 29.6 Å². The normalized spacial score (nSPS) is 14.0. The van der Waals surface area contributed by atoms with Gasteiger partial charge in [0.2, 0.25) is 5.88 Å². The number of hydrogen-bond donors (Lipinski definition) is 1. The van der Waals surface area contributed by atoms with E-state index < -0.39 is 0 Å². The van der Waals surface area contributed by atoms with Crippen molar-refractivity contribution >= 4 is 40.6 Å². The highest BCUT2D eigenvalue weighted by Gasteiger charge is 2.28. The first kappa shape index (κ1) is 23.9. The summed E-state index contributed by atoms with van der Waals surface area (Å²) in [5, 5.41) is 6.24. The van der Waals surface area contributed by atoms with Crippen LogP contribution in [0.2, 0.25) is 0 Å². The van der Waals surface area contributed by atoms with E-state index in [-0.39, 0.29) is 17.7 Å². The number of carbonyl (C=O) groups is 2. The average molecular weight is 496 g/mol. The topological polar surface area (TPSA) is 97.3 Å². The van der Waals surface area contributed by atoms with Gasteiger partial charge in [0, 0.05) is 42.4 Å². The average Bonchev–Trinajstić information content (AvgIpc) is 3.38. The molecule has 0 aromatic carbocycles. The minimum atomic E-state index is -0.275. The third-order valence-electron chi connectivity index (χ3n) is 5.43. The molecule has 2 amide bonds. The molecule has 3 aromatic rings. The van der Waals surface area contributed by atoms with Crippen molar-refractivity contribution < 1.29 is 14.3 Å². The number of ether oxygens (including phenoxy) is 1. The summed E-state index contributed by atoms with van der Waals surface area (Å²) in [6.07, 6.45) is 6.65. The van der Waals surface area contributed by atoms with Crippen LogP contribution in [0.25, 0.3) is 0 Å². The molecule has 1 saturated heterocycles. The summed E-state index contributed by atoms with van der Waals surface area (Å²) in [5.74, 6) is 1.14. The van der Waals surface area contributed by atoms with Crippen molar-refractivity contribution in [2.75, 3.05) is 31.3 Å². The fourth-order valence-corrected chi connectivity index (χ4v) is 5.35. The molecule has 0 radical (unpaired) electrons. The number of thioether (sulfide) groups is 1. The van der Waals surface area contributed by atoms with Gasteiger partial charge in [-0.25, -0.2) is 15.0 Å². The van der Waals surface area contributed by atoms with Crippen molar-refractivity contribution in [2.24, 2.45) is 0 Å². The van der Waals surface area contributed by atoms with Crippen LogP contribution in [-0.2, 0) is 0 Å². The number of nitrogens with zero attached hydrogens (tertiary/aromatic N) is 4. The lowest BCUT2D eigenvalue weighted by atomic mass is 9.97. The molecule has 176 valence electrons. The Hall–Kier alpha value is -3.24. The highest BCUT2D eigenvalue weighted by Crippen LogP contribution is 2.32. The van der Waals surface area contributed by atoms with Crippen LogP contribution in [0.5, 0.6) is 5.88 Å². The Balaban J connectivity index is 1.34. The summed E-state index contributed by atoms with van der Waals surface area (Å²) >= 11 is 3.00. The number of thiazole rings is 1. The number of amides is 2. The first-order valence-electron chi connectivity index (χ1n) is 10.8. The van der Waals surface area contributed by atoms with Crippen LogP contribution in [0, 0.1) is 0 Å². The van der Waals surface area contributed by atoms with E-state index in [0.717, 1.165) is 22.9 Å². The number of hydrogen-bond acceptors (Lipinski definition) is 8. The van der Waals surface area contributed by atoms with E-state index >= 15 is 0 Å². The molecule has 1 N–H and O–H groups in total.